The first kappa shape index (κ1) is 20.2. The van der Waals surface area contributed by atoms with Crippen molar-refractivity contribution in [2.24, 2.45) is 7.05 Å². The van der Waals surface area contributed by atoms with Gasteiger partial charge in [0, 0.05) is 31.5 Å². The van der Waals surface area contributed by atoms with Crippen LogP contribution in [0.2, 0.25) is 0 Å². The molecule has 0 bridgehead atoms. The number of nitrogens with one attached hydrogen (secondary N) is 1. The largest absolute Gasteiger partial charge is 0.419 e. The van der Waals surface area contributed by atoms with E-state index in [1.165, 1.54) is 33.4 Å². The van der Waals surface area contributed by atoms with E-state index in [0.717, 1.165) is 5.69 Å². The summed E-state index contributed by atoms with van der Waals surface area (Å²) in [6.45, 7) is 4.94. The van der Waals surface area contributed by atoms with E-state index in [4.69, 9.17) is 4.42 Å². The van der Waals surface area contributed by atoms with Crippen LogP contribution in [-0.4, -0.2) is 17.6 Å². The first-order valence-electron chi connectivity index (χ1n) is 9.54. The number of hydrogen-bond donors (Lipinski definition) is 1. The van der Waals surface area contributed by atoms with Crippen LogP contribution in [-0.2, 0) is 30.2 Å². The lowest BCUT2D eigenvalue weighted by molar-refractivity contribution is 0.527. The summed E-state index contributed by atoms with van der Waals surface area (Å²) in [6.07, 6.45) is 1.94. The van der Waals surface area contributed by atoms with Crippen molar-refractivity contribution in [2.45, 2.75) is 31.8 Å². The smallest absolute Gasteiger partial charge is 0.408 e. The van der Waals surface area contributed by atoms with Crippen molar-refractivity contribution >= 4 is 21.1 Å². The average Bonchev–Trinajstić information content (AvgIpc) is 3.27. The third-order valence-corrected chi connectivity index (χ3v) is 6.69. The summed E-state index contributed by atoms with van der Waals surface area (Å²) in [5.41, 5.74) is 5.21. The topological polar surface area (TPSA) is 86.2 Å². The molecule has 7 nitrogen and oxygen atoms in total. The maximum atomic E-state index is 12.8. The molecule has 0 unspecified atom stereocenters. The van der Waals surface area contributed by atoms with Gasteiger partial charge in [0.05, 0.1) is 17.0 Å². The Morgan fingerprint density at radius 1 is 1.07 bits per heavy atom. The van der Waals surface area contributed by atoms with Crippen LogP contribution in [0.5, 0.6) is 0 Å². The highest BCUT2D eigenvalue weighted by atomic mass is 32.2. The molecular formula is C22H23N3O4S. The number of rotatable bonds is 6. The highest BCUT2D eigenvalue weighted by molar-refractivity contribution is 7.89. The Kier molecular flexibility index (Phi) is 5.13. The molecule has 0 atom stereocenters. The zero-order chi connectivity index (χ0) is 21.5. The van der Waals surface area contributed by atoms with Gasteiger partial charge in [-0.2, -0.15) is 0 Å². The maximum absolute atomic E-state index is 12.8. The second kappa shape index (κ2) is 7.62. The third kappa shape index (κ3) is 3.83. The number of benzene rings is 2. The quantitative estimate of drug-likeness (QED) is 0.514. The fourth-order valence-electron chi connectivity index (χ4n) is 3.45. The third-order valence-electron chi connectivity index (χ3n) is 5.29. The highest BCUT2D eigenvalue weighted by Crippen LogP contribution is 2.19. The molecule has 2 aromatic carbocycles. The molecule has 0 spiro atoms. The number of fused-ring (bicyclic) bond motifs is 1. The van der Waals surface area contributed by atoms with Crippen molar-refractivity contribution in [3.8, 4) is 0 Å². The Balaban J connectivity index is 1.54. The van der Waals surface area contributed by atoms with Gasteiger partial charge in [-0.25, -0.2) is 17.9 Å². The zero-order valence-electron chi connectivity index (χ0n) is 17.0. The number of oxazole rings is 1. The SMILES string of the molecule is Cc1ccc(C)c(Cn2cccc2CNS(=O)(=O)c2ccc3c(c2)oc(=O)n3C)c1. The fourth-order valence-corrected chi connectivity index (χ4v) is 4.47. The lowest BCUT2D eigenvalue weighted by atomic mass is 10.1. The van der Waals surface area contributed by atoms with Gasteiger partial charge in [-0.15, -0.1) is 0 Å². The Labute approximate surface area is 174 Å². The van der Waals surface area contributed by atoms with E-state index in [-0.39, 0.29) is 17.0 Å². The molecular weight excluding hydrogens is 402 g/mol. The molecule has 0 fully saturated rings. The van der Waals surface area contributed by atoms with Crippen molar-refractivity contribution in [3.05, 3.63) is 87.7 Å². The van der Waals surface area contributed by atoms with Gasteiger partial charge in [-0.3, -0.25) is 4.57 Å². The molecule has 0 aliphatic carbocycles. The summed E-state index contributed by atoms with van der Waals surface area (Å²) in [6, 6.07) is 14.5. The van der Waals surface area contributed by atoms with Crippen molar-refractivity contribution in [1.29, 1.82) is 0 Å². The second-order valence-electron chi connectivity index (χ2n) is 7.44. The van der Waals surface area contributed by atoms with Crippen LogP contribution in [0.15, 0.2) is 68.8 Å². The summed E-state index contributed by atoms with van der Waals surface area (Å²) in [5, 5.41) is 0. The van der Waals surface area contributed by atoms with E-state index in [9.17, 15) is 13.2 Å². The molecule has 0 saturated carbocycles. The minimum Gasteiger partial charge on any atom is -0.408 e. The van der Waals surface area contributed by atoms with Gasteiger partial charge >= 0.3 is 5.76 Å². The molecule has 0 aliphatic heterocycles. The van der Waals surface area contributed by atoms with Crippen LogP contribution in [0.1, 0.15) is 22.4 Å². The van der Waals surface area contributed by atoms with E-state index in [0.29, 0.717) is 12.1 Å². The summed E-state index contributed by atoms with van der Waals surface area (Å²) in [5.74, 6) is -0.531. The van der Waals surface area contributed by atoms with Crippen LogP contribution < -0.4 is 10.5 Å². The molecule has 4 rings (SSSR count). The number of aryl methyl sites for hydroxylation is 3. The molecule has 0 saturated heterocycles. The summed E-state index contributed by atoms with van der Waals surface area (Å²) >= 11 is 0. The predicted octanol–water partition coefficient (Wildman–Crippen LogP) is 3.08. The fraction of sp³-hybridized carbons (Fsp3) is 0.227. The van der Waals surface area contributed by atoms with Crippen LogP contribution in [0.4, 0.5) is 0 Å². The van der Waals surface area contributed by atoms with Gasteiger partial charge < -0.3 is 8.98 Å². The number of sulfonamides is 1. The number of aromatic nitrogens is 2. The Morgan fingerprint density at radius 2 is 1.87 bits per heavy atom. The van der Waals surface area contributed by atoms with Crippen molar-refractivity contribution in [1.82, 2.24) is 13.9 Å². The average molecular weight is 426 g/mol. The minimum absolute atomic E-state index is 0.0528. The minimum atomic E-state index is -3.77. The Hall–Kier alpha value is -3.10. The first-order chi connectivity index (χ1) is 14.2. The van der Waals surface area contributed by atoms with E-state index in [1.54, 1.807) is 13.1 Å². The standard InChI is InChI=1S/C22H23N3O4S/c1-15-6-7-16(2)17(11-15)14-25-10-4-5-18(25)13-23-30(27,28)19-8-9-20-21(12-19)29-22(26)24(20)3/h4-12,23H,13-14H2,1-3H3. The van der Waals surface area contributed by atoms with E-state index >= 15 is 0 Å². The Morgan fingerprint density at radius 3 is 2.67 bits per heavy atom. The highest BCUT2D eigenvalue weighted by Gasteiger charge is 2.17. The first-order valence-corrected chi connectivity index (χ1v) is 11.0. The molecule has 2 aromatic heterocycles. The Bertz CT molecular complexity index is 1390. The van der Waals surface area contributed by atoms with Crippen LogP contribution in [0, 0.1) is 13.8 Å². The van der Waals surface area contributed by atoms with Crippen molar-refractivity contribution in [2.75, 3.05) is 0 Å². The number of hydrogen-bond acceptors (Lipinski definition) is 4. The van der Waals surface area contributed by atoms with Crippen LogP contribution in [0.3, 0.4) is 0 Å². The lowest BCUT2D eigenvalue weighted by Gasteiger charge is -2.13. The summed E-state index contributed by atoms with van der Waals surface area (Å²) < 4.78 is 36.7. The van der Waals surface area contributed by atoms with Gasteiger partial charge in [-0.1, -0.05) is 23.8 Å². The predicted molar refractivity (Wildman–Crippen MR) is 115 cm³/mol. The van der Waals surface area contributed by atoms with Crippen molar-refractivity contribution < 1.29 is 12.8 Å². The molecule has 0 amide bonds. The second-order valence-corrected chi connectivity index (χ2v) is 9.21. The lowest BCUT2D eigenvalue weighted by Crippen LogP contribution is -2.24. The molecule has 156 valence electrons. The van der Waals surface area contributed by atoms with Crippen LogP contribution >= 0.6 is 0 Å². The number of nitrogens with zero attached hydrogens (tertiary/aromatic N) is 2. The van der Waals surface area contributed by atoms with E-state index in [1.807, 2.05) is 22.9 Å². The summed E-state index contributed by atoms with van der Waals surface area (Å²) in [4.78, 5) is 11.7. The normalized spacial score (nSPS) is 12.0. The monoisotopic (exact) mass is 425 g/mol. The molecule has 4 aromatic rings. The van der Waals surface area contributed by atoms with Gasteiger partial charge in [0.25, 0.3) is 0 Å². The van der Waals surface area contributed by atoms with Gasteiger partial charge in [0.2, 0.25) is 10.0 Å². The molecule has 8 heteroatoms. The van der Waals surface area contributed by atoms with Gasteiger partial charge in [0.1, 0.15) is 0 Å². The zero-order valence-corrected chi connectivity index (χ0v) is 17.9. The molecule has 30 heavy (non-hydrogen) atoms. The maximum Gasteiger partial charge on any atom is 0.419 e. The molecule has 0 radical (unpaired) electrons. The van der Waals surface area contributed by atoms with Crippen LogP contribution in [0.25, 0.3) is 11.1 Å². The van der Waals surface area contributed by atoms with Gasteiger partial charge in [0.15, 0.2) is 5.58 Å². The molecule has 0 aliphatic rings. The molecule has 2 heterocycles. The van der Waals surface area contributed by atoms with Crippen molar-refractivity contribution in [3.63, 3.8) is 0 Å². The van der Waals surface area contributed by atoms with E-state index < -0.39 is 15.8 Å². The summed E-state index contributed by atoms with van der Waals surface area (Å²) in [7, 11) is -2.20. The van der Waals surface area contributed by atoms with Gasteiger partial charge in [-0.05, 0) is 49.2 Å². The molecule has 1 N–H and O–H groups in total. The van der Waals surface area contributed by atoms with E-state index in [2.05, 4.69) is 36.8 Å².